The average molecular weight is 409 g/mol. The van der Waals surface area contributed by atoms with Crippen LogP contribution in [0.5, 0.6) is 11.5 Å². The normalized spacial score (nSPS) is 11.0. The molecule has 0 bridgehead atoms. The van der Waals surface area contributed by atoms with E-state index in [4.69, 9.17) is 4.74 Å². The molecule has 0 amide bonds. The maximum Gasteiger partial charge on any atom is 0.297 e. The van der Waals surface area contributed by atoms with Crippen LogP contribution in [0.4, 0.5) is 5.69 Å². The van der Waals surface area contributed by atoms with Crippen molar-refractivity contribution in [2.45, 2.75) is 58.5 Å². The molecule has 30 heavy (non-hydrogen) atoms. The van der Waals surface area contributed by atoms with Gasteiger partial charge in [-0.3, -0.25) is 4.79 Å². The lowest BCUT2D eigenvalue weighted by Gasteiger charge is -2.16. The summed E-state index contributed by atoms with van der Waals surface area (Å²) >= 11 is 0. The van der Waals surface area contributed by atoms with E-state index in [-0.39, 0.29) is 11.5 Å². The van der Waals surface area contributed by atoms with Gasteiger partial charge in [0.2, 0.25) is 5.75 Å². The molecule has 160 valence electrons. The highest BCUT2D eigenvalue weighted by molar-refractivity contribution is 5.90. The van der Waals surface area contributed by atoms with Crippen LogP contribution in [-0.2, 0) is 13.1 Å². The Labute approximate surface area is 178 Å². The third-order valence-electron chi connectivity index (χ3n) is 5.47. The molecule has 0 aliphatic carbocycles. The summed E-state index contributed by atoms with van der Waals surface area (Å²) in [4.78, 5) is 12.8. The van der Waals surface area contributed by atoms with Gasteiger partial charge in [0.1, 0.15) is 0 Å². The van der Waals surface area contributed by atoms with Gasteiger partial charge in [0, 0.05) is 24.2 Å². The molecule has 0 atom stereocenters. The monoisotopic (exact) mass is 408 g/mol. The summed E-state index contributed by atoms with van der Waals surface area (Å²) in [7, 11) is 1.48. The zero-order valence-electron chi connectivity index (χ0n) is 18.0. The van der Waals surface area contributed by atoms with Gasteiger partial charge in [-0.2, -0.15) is 0 Å². The van der Waals surface area contributed by atoms with Crippen LogP contribution in [-0.4, -0.2) is 16.8 Å². The van der Waals surface area contributed by atoms with E-state index in [0.29, 0.717) is 13.1 Å². The molecule has 1 heterocycles. The molecular formula is C25H32N2O3. The highest BCUT2D eigenvalue weighted by atomic mass is 16.5. The van der Waals surface area contributed by atoms with Gasteiger partial charge in [0.05, 0.1) is 12.6 Å². The molecule has 0 saturated heterocycles. The van der Waals surface area contributed by atoms with Crippen LogP contribution in [0.2, 0.25) is 0 Å². The first-order valence-corrected chi connectivity index (χ1v) is 10.9. The number of aromatic hydroxyl groups is 1. The zero-order chi connectivity index (χ0) is 21.3. The number of aromatic nitrogens is 1. The first-order valence-electron chi connectivity index (χ1n) is 10.9. The van der Waals surface area contributed by atoms with Gasteiger partial charge >= 0.3 is 0 Å². The standard InChI is InChI=1S/C25H32N2O3/c1-3-4-5-6-7-11-16-27-22-17-20(26-18-19-12-9-8-10-13-19)14-15-21(22)24(30-2)23(28)25(27)29/h8-10,12-15,17,26,28H,3-7,11,16,18H2,1-2H3. The second kappa shape index (κ2) is 10.7. The molecule has 5 heteroatoms. The number of aryl methyl sites for hydroxylation is 1. The Balaban J connectivity index is 1.86. The second-order valence-corrected chi connectivity index (χ2v) is 7.68. The van der Waals surface area contributed by atoms with Gasteiger partial charge < -0.3 is 19.7 Å². The Morgan fingerprint density at radius 1 is 1.00 bits per heavy atom. The zero-order valence-corrected chi connectivity index (χ0v) is 18.0. The molecule has 0 spiro atoms. The number of hydrogen-bond donors (Lipinski definition) is 2. The highest BCUT2D eigenvalue weighted by Gasteiger charge is 2.17. The van der Waals surface area contributed by atoms with Gasteiger partial charge in [-0.1, -0.05) is 69.4 Å². The van der Waals surface area contributed by atoms with E-state index in [1.54, 1.807) is 4.57 Å². The molecule has 5 nitrogen and oxygen atoms in total. The minimum atomic E-state index is -0.395. The fourth-order valence-corrected chi connectivity index (χ4v) is 3.80. The molecule has 0 radical (unpaired) electrons. The summed E-state index contributed by atoms with van der Waals surface area (Å²) in [5.74, 6) is -0.0789. The van der Waals surface area contributed by atoms with Crippen LogP contribution in [0.25, 0.3) is 10.9 Å². The summed E-state index contributed by atoms with van der Waals surface area (Å²) in [5, 5.41) is 14.6. The third kappa shape index (κ3) is 5.15. The van der Waals surface area contributed by atoms with Crippen molar-refractivity contribution in [2.75, 3.05) is 12.4 Å². The van der Waals surface area contributed by atoms with Crippen molar-refractivity contribution in [1.82, 2.24) is 4.57 Å². The Morgan fingerprint density at radius 3 is 2.47 bits per heavy atom. The van der Waals surface area contributed by atoms with Crippen molar-refractivity contribution < 1.29 is 9.84 Å². The van der Waals surface area contributed by atoms with E-state index in [2.05, 4.69) is 24.4 Å². The molecule has 3 aromatic rings. The number of methoxy groups -OCH3 is 1. The summed E-state index contributed by atoms with van der Waals surface area (Å²) in [6, 6.07) is 16.0. The maximum atomic E-state index is 12.8. The molecule has 2 aromatic carbocycles. The Hall–Kier alpha value is -2.95. The van der Waals surface area contributed by atoms with E-state index < -0.39 is 5.56 Å². The average Bonchev–Trinajstić information content (AvgIpc) is 2.78. The summed E-state index contributed by atoms with van der Waals surface area (Å²) in [6.07, 6.45) is 6.86. The van der Waals surface area contributed by atoms with Gasteiger partial charge in [0.15, 0.2) is 5.75 Å². The fourth-order valence-electron chi connectivity index (χ4n) is 3.80. The van der Waals surface area contributed by atoms with Crippen molar-refractivity contribution in [3.05, 3.63) is 64.4 Å². The van der Waals surface area contributed by atoms with E-state index in [1.807, 2.05) is 36.4 Å². The van der Waals surface area contributed by atoms with Crippen LogP contribution in [0.15, 0.2) is 53.3 Å². The first-order chi connectivity index (χ1) is 14.7. The summed E-state index contributed by atoms with van der Waals surface area (Å²) in [5.41, 5.74) is 2.50. The van der Waals surface area contributed by atoms with E-state index >= 15 is 0 Å². The van der Waals surface area contributed by atoms with E-state index in [9.17, 15) is 9.90 Å². The minimum absolute atomic E-state index is 0.240. The Morgan fingerprint density at radius 2 is 1.73 bits per heavy atom. The number of nitrogens with zero attached hydrogens (tertiary/aromatic N) is 1. The number of rotatable bonds is 11. The fraction of sp³-hybridized carbons (Fsp3) is 0.400. The predicted octanol–water partition coefficient (Wildman–Crippen LogP) is 5.69. The molecule has 1 aromatic heterocycles. The summed E-state index contributed by atoms with van der Waals surface area (Å²) < 4.78 is 7.03. The van der Waals surface area contributed by atoms with Crippen LogP contribution in [0.1, 0.15) is 51.0 Å². The SMILES string of the molecule is CCCCCCCCn1c(=O)c(O)c(OC)c2ccc(NCc3ccccc3)cc21. The van der Waals surface area contributed by atoms with Crippen LogP contribution < -0.4 is 15.6 Å². The molecule has 0 aliphatic rings. The quantitative estimate of drug-likeness (QED) is 0.400. The lowest BCUT2D eigenvalue weighted by atomic mass is 10.1. The highest BCUT2D eigenvalue weighted by Crippen LogP contribution is 2.33. The topological polar surface area (TPSA) is 63.5 Å². The number of ether oxygens (including phenoxy) is 1. The molecular weight excluding hydrogens is 376 g/mol. The van der Waals surface area contributed by atoms with Gasteiger partial charge in [-0.15, -0.1) is 0 Å². The number of hydrogen-bond acceptors (Lipinski definition) is 4. The van der Waals surface area contributed by atoms with E-state index in [1.165, 1.54) is 38.4 Å². The molecule has 2 N–H and O–H groups in total. The van der Waals surface area contributed by atoms with Gasteiger partial charge in [0.25, 0.3) is 5.56 Å². The van der Waals surface area contributed by atoms with Gasteiger partial charge in [-0.05, 0) is 30.2 Å². The minimum Gasteiger partial charge on any atom is -0.500 e. The number of anilines is 1. The first kappa shape index (κ1) is 21.8. The Kier molecular flexibility index (Phi) is 7.77. The lowest BCUT2D eigenvalue weighted by Crippen LogP contribution is -2.21. The largest absolute Gasteiger partial charge is 0.500 e. The van der Waals surface area contributed by atoms with Crippen molar-refractivity contribution in [2.24, 2.45) is 0 Å². The molecule has 0 aliphatic heterocycles. The number of unbranched alkanes of at least 4 members (excludes halogenated alkanes) is 5. The molecule has 0 unspecified atom stereocenters. The number of pyridine rings is 1. The maximum absolute atomic E-state index is 12.8. The number of fused-ring (bicyclic) bond motifs is 1. The lowest BCUT2D eigenvalue weighted by molar-refractivity contribution is 0.370. The van der Waals surface area contributed by atoms with Crippen LogP contribution in [0.3, 0.4) is 0 Å². The number of nitrogens with one attached hydrogen (secondary N) is 1. The van der Waals surface area contributed by atoms with Crippen molar-refractivity contribution >= 4 is 16.6 Å². The van der Waals surface area contributed by atoms with Crippen molar-refractivity contribution in [3.63, 3.8) is 0 Å². The smallest absolute Gasteiger partial charge is 0.297 e. The summed E-state index contributed by atoms with van der Waals surface area (Å²) in [6.45, 7) is 3.49. The Bertz CT molecular complexity index is 1010. The van der Waals surface area contributed by atoms with Gasteiger partial charge in [-0.25, -0.2) is 0 Å². The van der Waals surface area contributed by atoms with Crippen molar-refractivity contribution in [3.8, 4) is 11.5 Å². The van der Waals surface area contributed by atoms with E-state index in [0.717, 1.165) is 29.4 Å². The second-order valence-electron chi connectivity index (χ2n) is 7.68. The predicted molar refractivity (Wildman–Crippen MR) is 124 cm³/mol. The molecule has 0 fully saturated rings. The molecule has 3 rings (SSSR count). The van der Waals surface area contributed by atoms with Crippen LogP contribution in [0, 0.1) is 0 Å². The van der Waals surface area contributed by atoms with Crippen LogP contribution >= 0.6 is 0 Å². The van der Waals surface area contributed by atoms with Crippen molar-refractivity contribution in [1.29, 1.82) is 0 Å². The number of benzene rings is 2. The third-order valence-corrected chi connectivity index (χ3v) is 5.47. The molecule has 0 saturated carbocycles.